The molecule has 1 aromatic carbocycles. The monoisotopic (exact) mass is 348 g/mol. The highest BCUT2D eigenvalue weighted by atomic mass is 32.2. The highest BCUT2D eigenvalue weighted by Crippen LogP contribution is 2.13. The first-order chi connectivity index (χ1) is 11.2. The van der Waals surface area contributed by atoms with Gasteiger partial charge in [0.1, 0.15) is 11.5 Å². The number of carbonyl (C=O) groups excluding carboxylic acids is 1. The molecule has 1 heterocycles. The molecule has 0 bridgehead atoms. The van der Waals surface area contributed by atoms with Gasteiger partial charge in [0.2, 0.25) is 15.9 Å². The Morgan fingerprint density at radius 1 is 1.21 bits per heavy atom. The molecule has 0 aliphatic carbocycles. The van der Waals surface area contributed by atoms with E-state index in [-0.39, 0.29) is 12.5 Å². The molecule has 6 nitrogen and oxygen atoms in total. The zero-order valence-electron chi connectivity index (χ0n) is 13.8. The number of benzene rings is 1. The minimum Gasteiger partial charge on any atom is -0.460 e. The van der Waals surface area contributed by atoms with Gasteiger partial charge < -0.3 is 9.73 Å². The molecular weight excluding hydrogens is 328 g/mol. The number of anilines is 1. The standard InChI is InChI=1S/C17H20N2O4S/c1-13-4-6-14(7-5-13)18-17(20)11-10-15-8-9-16(23-15)12-19(2)24(3,21)22/h4-11H,12H2,1-3H3,(H,18,20)/b11-10+. The van der Waals surface area contributed by atoms with Crippen LogP contribution < -0.4 is 5.32 Å². The molecule has 0 fully saturated rings. The second kappa shape index (κ2) is 7.46. The van der Waals surface area contributed by atoms with Gasteiger partial charge >= 0.3 is 0 Å². The molecule has 7 heteroatoms. The Balaban J connectivity index is 1.94. The Labute approximate surface area is 141 Å². The molecular formula is C17H20N2O4S. The number of sulfonamides is 1. The molecule has 0 aliphatic heterocycles. The fourth-order valence-corrected chi connectivity index (χ4v) is 2.25. The van der Waals surface area contributed by atoms with E-state index in [1.165, 1.54) is 23.5 Å². The molecule has 0 saturated heterocycles. The molecule has 0 saturated carbocycles. The minimum atomic E-state index is -3.26. The summed E-state index contributed by atoms with van der Waals surface area (Å²) in [6.07, 6.45) is 4.03. The van der Waals surface area contributed by atoms with Gasteiger partial charge in [-0.3, -0.25) is 4.79 Å². The van der Waals surface area contributed by atoms with Gasteiger partial charge in [-0.2, -0.15) is 4.31 Å². The van der Waals surface area contributed by atoms with E-state index in [4.69, 9.17) is 4.42 Å². The fraction of sp³-hybridized carbons (Fsp3) is 0.235. The van der Waals surface area contributed by atoms with Crippen molar-refractivity contribution in [2.24, 2.45) is 0 Å². The van der Waals surface area contributed by atoms with Crippen LogP contribution in [0.1, 0.15) is 17.1 Å². The third-order valence-corrected chi connectivity index (χ3v) is 4.61. The molecule has 2 rings (SSSR count). The maximum absolute atomic E-state index is 11.9. The summed E-state index contributed by atoms with van der Waals surface area (Å²) in [7, 11) is -1.79. The number of carbonyl (C=O) groups is 1. The van der Waals surface area contributed by atoms with E-state index in [1.54, 1.807) is 12.1 Å². The number of hydrogen-bond acceptors (Lipinski definition) is 4. The number of nitrogens with one attached hydrogen (secondary N) is 1. The van der Waals surface area contributed by atoms with Crippen molar-refractivity contribution in [2.75, 3.05) is 18.6 Å². The average molecular weight is 348 g/mol. The topological polar surface area (TPSA) is 79.6 Å². The Bertz CT molecular complexity index is 836. The molecule has 0 aliphatic rings. The molecule has 0 atom stereocenters. The third kappa shape index (κ3) is 5.36. The van der Waals surface area contributed by atoms with Crippen LogP contribution in [0.4, 0.5) is 5.69 Å². The van der Waals surface area contributed by atoms with Crippen LogP contribution >= 0.6 is 0 Å². The average Bonchev–Trinajstić information content (AvgIpc) is 2.94. The van der Waals surface area contributed by atoms with Gasteiger partial charge in [0, 0.05) is 18.8 Å². The lowest BCUT2D eigenvalue weighted by atomic mass is 10.2. The molecule has 24 heavy (non-hydrogen) atoms. The first-order valence-electron chi connectivity index (χ1n) is 7.30. The van der Waals surface area contributed by atoms with Crippen molar-refractivity contribution in [3.63, 3.8) is 0 Å². The van der Waals surface area contributed by atoms with E-state index in [1.807, 2.05) is 31.2 Å². The maximum Gasteiger partial charge on any atom is 0.248 e. The van der Waals surface area contributed by atoms with Gasteiger partial charge in [0.25, 0.3) is 0 Å². The van der Waals surface area contributed by atoms with Crippen molar-refractivity contribution >= 4 is 27.7 Å². The van der Waals surface area contributed by atoms with E-state index < -0.39 is 10.0 Å². The molecule has 128 valence electrons. The summed E-state index contributed by atoms with van der Waals surface area (Å²) in [5, 5.41) is 2.74. The van der Waals surface area contributed by atoms with E-state index >= 15 is 0 Å². The van der Waals surface area contributed by atoms with Gasteiger partial charge in [-0.05, 0) is 37.3 Å². The van der Waals surface area contributed by atoms with Crippen molar-refractivity contribution in [1.29, 1.82) is 0 Å². The zero-order valence-corrected chi connectivity index (χ0v) is 14.6. The van der Waals surface area contributed by atoms with Crippen LogP contribution in [0, 0.1) is 6.92 Å². The SMILES string of the molecule is Cc1ccc(NC(=O)/C=C/c2ccc(CN(C)S(C)(=O)=O)o2)cc1. The van der Waals surface area contributed by atoms with Crippen LogP contribution in [0.25, 0.3) is 6.08 Å². The number of furan rings is 1. The van der Waals surface area contributed by atoms with E-state index in [9.17, 15) is 13.2 Å². The van der Waals surface area contributed by atoms with E-state index in [2.05, 4.69) is 5.32 Å². The Hall–Kier alpha value is -2.38. The summed E-state index contributed by atoms with van der Waals surface area (Å²) in [5.74, 6) is 0.706. The van der Waals surface area contributed by atoms with Crippen LogP contribution in [0.2, 0.25) is 0 Å². The van der Waals surface area contributed by atoms with E-state index in [0.717, 1.165) is 11.8 Å². The molecule has 1 N–H and O–H groups in total. The normalized spacial score (nSPS) is 12.0. The molecule has 0 spiro atoms. The van der Waals surface area contributed by atoms with Crippen LogP contribution in [-0.2, 0) is 21.4 Å². The summed E-state index contributed by atoms with van der Waals surface area (Å²) in [4.78, 5) is 11.9. The van der Waals surface area contributed by atoms with Gasteiger partial charge in [0.15, 0.2) is 0 Å². The quantitative estimate of drug-likeness (QED) is 0.814. The van der Waals surface area contributed by atoms with Crippen LogP contribution in [0.15, 0.2) is 46.9 Å². The minimum absolute atomic E-state index is 0.141. The first-order valence-corrected chi connectivity index (χ1v) is 9.14. The highest BCUT2D eigenvalue weighted by Gasteiger charge is 2.13. The van der Waals surface area contributed by atoms with Gasteiger partial charge in [-0.25, -0.2) is 8.42 Å². The third-order valence-electron chi connectivity index (χ3n) is 3.35. The maximum atomic E-state index is 11.9. The second-order valence-electron chi connectivity index (χ2n) is 5.51. The number of aryl methyl sites for hydroxylation is 1. The molecule has 0 radical (unpaired) electrons. The van der Waals surface area contributed by atoms with Crippen LogP contribution in [0.5, 0.6) is 0 Å². The Kier molecular flexibility index (Phi) is 5.58. The smallest absolute Gasteiger partial charge is 0.248 e. The van der Waals surface area contributed by atoms with Crippen molar-refractivity contribution in [3.8, 4) is 0 Å². The zero-order chi connectivity index (χ0) is 17.7. The Morgan fingerprint density at radius 3 is 2.50 bits per heavy atom. The molecule has 1 aromatic heterocycles. The summed E-state index contributed by atoms with van der Waals surface area (Å²) in [5.41, 5.74) is 1.83. The number of hydrogen-bond donors (Lipinski definition) is 1. The lowest BCUT2D eigenvalue weighted by Gasteiger charge is -2.11. The lowest BCUT2D eigenvalue weighted by molar-refractivity contribution is -0.111. The fourth-order valence-electron chi connectivity index (χ4n) is 1.88. The predicted molar refractivity (Wildman–Crippen MR) is 93.9 cm³/mol. The van der Waals surface area contributed by atoms with Crippen molar-refractivity contribution < 1.29 is 17.6 Å². The number of rotatable bonds is 6. The predicted octanol–water partition coefficient (Wildman–Crippen LogP) is 2.63. The number of nitrogens with zero attached hydrogens (tertiary/aromatic N) is 1. The summed E-state index contributed by atoms with van der Waals surface area (Å²) in [6, 6.07) is 10.8. The second-order valence-corrected chi connectivity index (χ2v) is 7.60. The molecule has 2 aromatic rings. The first kappa shape index (κ1) is 18.0. The van der Waals surface area contributed by atoms with Crippen LogP contribution in [-0.4, -0.2) is 31.9 Å². The number of amides is 1. The van der Waals surface area contributed by atoms with Gasteiger partial charge in [0.05, 0.1) is 12.8 Å². The van der Waals surface area contributed by atoms with Crippen molar-refractivity contribution in [2.45, 2.75) is 13.5 Å². The Morgan fingerprint density at radius 2 is 1.88 bits per heavy atom. The summed E-state index contributed by atoms with van der Waals surface area (Å²) < 4.78 is 29.4. The summed E-state index contributed by atoms with van der Waals surface area (Å²) in [6.45, 7) is 2.11. The van der Waals surface area contributed by atoms with Gasteiger partial charge in [-0.1, -0.05) is 17.7 Å². The molecule has 0 unspecified atom stereocenters. The summed E-state index contributed by atoms with van der Waals surface area (Å²) >= 11 is 0. The largest absolute Gasteiger partial charge is 0.460 e. The molecule has 1 amide bonds. The van der Waals surface area contributed by atoms with Crippen LogP contribution in [0.3, 0.4) is 0 Å². The van der Waals surface area contributed by atoms with Crippen molar-refractivity contribution in [1.82, 2.24) is 4.31 Å². The van der Waals surface area contributed by atoms with Gasteiger partial charge in [-0.15, -0.1) is 0 Å². The highest BCUT2D eigenvalue weighted by molar-refractivity contribution is 7.88. The lowest BCUT2D eigenvalue weighted by Crippen LogP contribution is -2.24. The van der Waals surface area contributed by atoms with E-state index in [0.29, 0.717) is 17.2 Å². The van der Waals surface area contributed by atoms with Crippen molar-refractivity contribution in [3.05, 3.63) is 59.6 Å².